The van der Waals surface area contributed by atoms with Gasteiger partial charge in [-0.15, -0.1) is 0 Å². The van der Waals surface area contributed by atoms with E-state index in [4.69, 9.17) is 13.6 Å². The second-order valence-corrected chi connectivity index (χ2v) is 10.4. The molecule has 0 bridgehead atoms. The van der Waals surface area contributed by atoms with Crippen LogP contribution in [0.1, 0.15) is 70.5 Å². The maximum Gasteiger partial charge on any atom is 0.287 e. The Morgan fingerprint density at radius 3 is 2.60 bits per heavy atom. The molecule has 1 aliphatic carbocycles. The van der Waals surface area contributed by atoms with Crippen LogP contribution in [0.3, 0.4) is 0 Å². The highest BCUT2D eigenvalue weighted by molar-refractivity contribution is 5.91. The second-order valence-electron chi connectivity index (χ2n) is 10.4. The van der Waals surface area contributed by atoms with Crippen LogP contribution in [0, 0.1) is 11.7 Å². The van der Waals surface area contributed by atoms with Crippen LogP contribution in [0.5, 0.6) is 5.75 Å². The predicted molar refractivity (Wildman–Crippen MR) is 145 cm³/mol. The summed E-state index contributed by atoms with van der Waals surface area (Å²) in [5, 5.41) is 2.76. The van der Waals surface area contributed by atoms with Crippen molar-refractivity contribution in [2.45, 2.75) is 51.3 Å². The number of ether oxygens (including phenoxy) is 1. The van der Waals surface area contributed by atoms with E-state index in [1.807, 2.05) is 23.1 Å². The minimum atomic E-state index is -0.342. The Balaban J connectivity index is 1.19. The first-order chi connectivity index (χ1) is 19.5. The molecule has 2 aliphatic rings. The molecule has 206 valence electrons. The van der Waals surface area contributed by atoms with Crippen molar-refractivity contribution in [1.29, 1.82) is 0 Å². The van der Waals surface area contributed by atoms with Crippen molar-refractivity contribution >= 4 is 11.8 Å². The Kier molecular flexibility index (Phi) is 7.40. The van der Waals surface area contributed by atoms with Gasteiger partial charge in [0.25, 0.3) is 5.91 Å². The van der Waals surface area contributed by atoms with E-state index in [9.17, 15) is 14.0 Å². The summed E-state index contributed by atoms with van der Waals surface area (Å²) in [7, 11) is 0. The van der Waals surface area contributed by atoms with Gasteiger partial charge in [-0.3, -0.25) is 9.59 Å². The van der Waals surface area contributed by atoms with E-state index < -0.39 is 0 Å². The number of benzene rings is 2. The summed E-state index contributed by atoms with van der Waals surface area (Å²) >= 11 is 0. The van der Waals surface area contributed by atoms with Gasteiger partial charge in [-0.2, -0.15) is 0 Å². The molecule has 0 saturated heterocycles. The maximum absolute atomic E-state index is 13.8. The number of furan rings is 2. The molecule has 8 heteroatoms. The van der Waals surface area contributed by atoms with Crippen molar-refractivity contribution in [3.05, 3.63) is 113 Å². The lowest BCUT2D eigenvalue weighted by atomic mass is 9.87. The number of rotatable bonds is 8. The van der Waals surface area contributed by atoms with Crippen molar-refractivity contribution in [3.63, 3.8) is 0 Å². The van der Waals surface area contributed by atoms with Crippen LogP contribution in [-0.2, 0) is 24.4 Å². The van der Waals surface area contributed by atoms with E-state index in [-0.39, 0.29) is 48.5 Å². The minimum Gasteiger partial charge on any atom is -0.486 e. The van der Waals surface area contributed by atoms with Gasteiger partial charge in [0.1, 0.15) is 29.7 Å². The van der Waals surface area contributed by atoms with Crippen molar-refractivity contribution in [2.75, 3.05) is 6.54 Å². The largest absolute Gasteiger partial charge is 0.486 e. The molecule has 2 aromatic carbocycles. The van der Waals surface area contributed by atoms with Crippen LogP contribution in [0.2, 0.25) is 0 Å². The number of halogens is 1. The normalized spacial score (nSPS) is 17.0. The maximum atomic E-state index is 13.8. The van der Waals surface area contributed by atoms with Crippen LogP contribution in [0.25, 0.3) is 0 Å². The first kappa shape index (κ1) is 25.9. The molecule has 6 rings (SSSR count). The highest BCUT2D eigenvalue weighted by Gasteiger charge is 2.36. The summed E-state index contributed by atoms with van der Waals surface area (Å²) in [6, 6.07) is 18.9. The molecular formula is C32H31FN2O5. The standard InChI is InChI=1S/C32H31FN2O5/c33-24-10-7-22(8-11-24)30-28-18-25(12-9-21(28)15-16-35(30)32(37)23-4-1-2-5-23)39-20-27-13-14-29(40-27)31(36)34-19-26-6-3-17-38-26/h3,6-14,17-18,23,30H,1-2,4-5,15-16,19-20H2,(H,34,36). The van der Waals surface area contributed by atoms with Crippen LogP contribution in [0.15, 0.2) is 81.8 Å². The van der Waals surface area contributed by atoms with Crippen LogP contribution in [0.4, 0.5) is 4.39 Å². The van der Waals surface area contributed by atoms with Gasteiger partial charge in [-0.05, 0) is 84.5 Å². The van der Waals surface area contributed by atoms with Gasteiger partial charge in [-0.25, -0.2) is 4.39 Å². The van der Waals surface area contributed by atoms with E-state index in [0.29, 0.717) is 23.8 Å². The Morgan fingerprint density at radius 1 is 1.00 bits per heavy atom. The second kappa shape index (κ2) is 11.4. The molecule has 1 aliphatic heterocycles. The number of amides is 2. The number of hydrogen-bond donors (Lipinski definition) is 1. The van der Waals surface area contributed by atoms with E-state index in [1.54, 1.807) is 42.7 Å². The van der Waals surface area contributed by atoms with Gasteiger partial charge in [-0.1, -0.05) is 31.0 Å². The first-order valence-corrected chi connectivity index (χ1v) is 13.8. The fourth-order valence-electron chi connectivity index (χ4n) is 5.73. The zero-order valence-corrected chi connectivity index (χ0v) is 22.1. The molecule has 2 aromatic heterocycles. The highest BCUT2D eigenvalue weighted by Crippen LogP contribution is 2.40. The van der Waals surface area contributed by atoms with Gasteiger partial charge < -0.3 is 23.8 Å². The molecule has 1 N–H and O–H groups in total. The Bertz CT molecular complexity index is 1470. The van der Waals surface area contributed by atoms with E-state index in [2.05, 4.69) is 5.32 Å². The monoisotopic (exact) mass is 542 g/mol. The fraction of sp³-hybridized carbons (Fsp3) is 0.312. The van der Waals surface area contributed by atoms with Crippen LogP contribution < -0.4 is 10.1 Å². The van der Waals surface area contributed by atoms with Crippen molar-refractivity contribution < 1.29 is 27.6 Å². The van der Waals surface area contributed by atoms with Gasteiger partial charge in [0.15, 0.2) is 5.76 Å². The predicted octanol–water partition coefficient (Wildman–Crippen LogP) is 6.19. The third-order valence-electron chi connectivity index (χ3n) is 7.79. The lowest BCUT2D eigenvalue weighted by Gasteiger charge is -2.39. The minimum absolute atomic E-state index is 0.0494. The lowest BCUT2D eigenvalue weighted by molar-refractivity contribution is -0.137. The molecule has 1 unspecified atom stereocenters. The lowest BCUT2D eigenvalue weighted by Crippen LogP contribution is -2.43. The Hall–Kier alpha value is -4.33. The quantitative estimate of drug-likeness (QED) is 0.287. The molecular weight excluding hydrogens is 511 g/mol. The Morgan fingerprint density at radius 2 is 1.82 bits per heavy atom. The zero-order valence-electron chi connectivity index (χ0n) is 22.1. The van der Waals surface area contributed by atoms with Gasteiger partial charge >= 0.3 is 0 Å². The van der Waals surface area contributed by atoms with E-state index in [0.717, 1.165) is 48.8 Å². The summed E-state index contributed by atoms with van der Waals surface area (Å²) in [4.78, 5) is 28.0. The number of hydrogen-bond acceptors (Lipinski definition) is 5. The number of nitrogens with one attached hydrogen (secondary N) is 1. The molecule has 1 saturated carbocycles. The average Bonchev–Trinajstić information content (AvgIpc) is 3.78. The molecule has 0 radical (unpaired) electrons. The number of nitrogens with zero attached hydrogens (tertiary/aromatic N) is 1. The van der Waals surface area contributed by atoms with Crippen molar-refractivity contribution in [3.8, 4) is 5.75 Å². The number of fused-ring (bicyclic) bond motifs is 1. The van der Waals surface area contributed by atoms with Gasteiger partial charge in [0.05, 0.1) is 18.8 Å². The Labute approximate surface area is 231 Å². The topological polar surface area (TPSA) is 84.9 Å². The van der Waals surface area contributed by atoms with Gasteiger partial charge in [0.2, 0.25) is 5.91 Å². The van der Waals surface area contributed by atoms with E-state index >= 15 is 0 Å². The zero-order chi connectivity index (χ0) is 27.5. The average molecular weight is 543 g/mol. The summed E-state index contributed by atoms with van der Waals surface area (Å²) in [5.74, 6) is 1.55. The van der Waals surface area contributed by atoms with Crippen LogP contribution >= 0.6 is 0 Å². The molecule has 1 atom stereocenters. The summed E-state index contributed by atoms with van der Waals surface area (Å²) < 4.78 is 30.8. The molecule has 3 heterocycles. The highest BCUT2D eigenvalue weighted by atomic mass is 19.1. The molecule has 0 spiro atoms. The molecule has 2 amide bonds. The summed E-state index contributed by atoms with van der Waals surface area (Å²) in [6.07, 6.45) is 6.32. The molecule has 7 nitrogen and oxygen atoms in total. The van der Waals surface area contributed by atoms with Crippen molar-refractivity contribution in [1.82, 2.24) is 10.2 Å². The van der Waals surface area contributed by atoms with E-state index in [1.165, 1.54) is 12.1 Å². The molecule has 40 heavy (non-hydrogen) atoms. The third kappa shape index (κ3) is 5.52. The summed E-state index contributed by atoms with van der Waals surface area (Å²) in [6.45, 7) is 1.03. The molecule has 1 fully saturated rings. The fourth-order valence-corrected chi connectivity index (χ4v) is 5.73. The van der Waals surface area contributed by atoms with Crippen LogP contribution in [-0.4, -0.2) is 23.3 Å². The number of carbonyl (C=O) groups excluding carboxylic acids is 2. The SMILES string of the molecule is O=C(NCc1ccco1)c1ccc(COc2ccc3c(c2)C(c2ccc(F)cc2)N(C(=O)C2CCCC2)CC3)o1. The number of carbonyl (C=O) groups is 2. The smallest absolute Gasteiger partial charge is 0.287 e. The third-order valence-corrected chi connectivity index (χ3v) is 7.79. The van der Waals surface area contributed by atoms with Crippen molar-refractivity contribution in [2.24, 2.45) is 5.92 Å². The molecule has 4 aromatic rings. The van der Waals surface area contributed by atoms with Gasteiger partial charge in [0, 0.05) is 12.5 Å². The summed E-state index contributed by atoms with van der Waals surface area (Å²) in [5.41, 5.74) is 3.01. The first-order valence-electron chi connectivity index (χ1n) is 13.8.